The van der Waals surface area contributed by atoms with Crippen molar-refractivity contribution in [1.82, 2.24) is 10.6 Å². The summed E-state index contributed by atoms with van der Waals surface area (Å²) < 4.78 is 19.1. The molecule has 4 nitrogen and oxygen atoms in total. The number of rotatable bonds is 8. The van der Waals surface area contributed by atoms with Gasteiger partial charge in [-0.2, -0.15) is 0 Å². The van der Waals surface area contributed by atoms with Crippen molar-refractivity contribution >= 4 is 21.8 Å². The van der Waals surface area contributed by atoms with Gasteiger partial charge in [-0.25, -0.2) is 4.39 Å². The van der Waals surface area contributed by atoms with Crippen LogP contribution in [0.2, 0.25) is 0 Å². The standard InChI is InChI=1S/C13H18BrFN2O2/c1-19-7-6-17-13(18)4-5-16-9-10-8-11(14)2-3-12(10)15/h2-3,8,16H,4-7,9H2,1H3,(H,17,18). The maximum atomic E-state index is 13.4. The van der Waals surface area contributed by atoms with E-state index in [9.17, 15) is 9.18 Å². The van der Waals surface area contributed by atoms with Gasteiger partial charge in [0.25, 0.3) is 0 Å². The average molecular weight is 333 g/mol. The maximum Gasteiger partial charge on any atom is 0.221 e. The monoisotopic (exact) mass is 332 g/mol. The number of hydrogen-bond donors (Lipinski definition) is 2. The highest BCUT2D eigenvalue weighted by molar-refractivity contribution is 9.10. The van der Waals surface area contributed by atoms with Crippen LogP contribution in [0.3, 0.4) is 0 Å². The fraction of sp³-hybridized carbons (Fsp3) is 0.462. The second kappa shape index (κ2) is 9.01. The summed E-state index contributed by atoms with van der Waals surface area (Å²) in [6, 6.07) is 4.79. The Hall–Kier alpha value is -0.980. The van der Waals surface area contributed by atoms with Crippen LogP contribution in [0.5, 0.6) is 0 Å². The van der Waals surface area contributed by atoms with Crippen molar-refractivity contribution in [3.05, 3.63) is 34.1 Å². The van der Waals surface area contributed by atoms with Gasteiger partial charge in [0.1, 0.15) is 5.82 Å². The van der Waals surface area contributed by atoms with Gasteiger partial charge in [-0.3, -0.25) is 4.79 Å². The number of hydrogen-bond acceptors (Lipinski definition) is 3. The topological polar surface area (TPSA) is 50.4 Å². The molecule has 0 unspecified atom stereocenters. The van der Waals surface area contributed by atoms with Gasteiger partial charge < -0.3 is 15.4 Å². The van der Waals surface area contributed by atoms with Crippen LogP contribution < -0.4 is 10.6 Å². The van der Waals surface area contributed by atoms with E-state index in [1.54, 1.807) is 19.2 Å². The molecule has 1 rings (SSSR count). The molecule has 1 aromatic carbocycles. The summed E-state index contributed by atoms with van der Waals surface area (Å²) in [5.41, 5.74) is 0.578. The molecule has 1 aromatic rings. The number of carbonyl (C=O) groups excluding carboxylic acids is 1. The lowest BCUT2D eigenvalue weighted by molar-refractivity contribution is -0.121. The van der Waals surface area contributed by atoms with E-state index in [0.29, 0.717) is 38.2 Å². The summed E-state index contributed by atoms with van der Waals surface area (Å²) in [6.45, 7) is 1.92. The molecular weight excluding hydrogens is 315 g/mol. The van der Waals surface area contributed by atoms with E-state index in [0.717, 1.165) is 4.47 Å². The first-order valence-electron chi connectivity index (χ1n) is 6.03. The molecule has 0 spiro atoms. The molecule has 0 heterocycles. The molecule has 0 saturated heterocycles. The molecule has 2 N–H and O–H groups in total. The van der Waals surface area contributed by atoms with E-state index >= 15 is 0 Å². The van der Waals surface area contributed by atoms with Crippen molar-refractivity contribution in [3.8, 4) is 0 Å². The third-order valence-electron chi connectivity index (χ3n) is 2.48. The Morgan fingerprint density at radius 2 is 2.21 bits per heavy atom. The van der Waals surface area contributed by atoms with Crippen molar-refractivity contribution < 1.29 is 13.9 Å². The maximum absolute atomic E-state index is 13.4. The number of halogens is 2. The van der Waals surface area contributed by atoms with Crippen molar-refractivity contribution in [2.75, 3.05) is 26.8 Å². The van der Waals surface area contributed by atoms with Crippen molar-refractivity contribution in [3.63, 3.8) is 0 Å². The Kier molecular flexibility index (Phi) is 7.62. The number of nitrogens with one attached hydrogen (secondary N) is 2. The minimum Gasteiger partial charge on any atom is -0.383 e. The lowest BCUT2D eigenvalue weighted by Gasteiger charge is -2.07. The third kappa shape index (κ3) is 6.66. The van der Waals surface area contributed by atoms with E-state index in [1.165, 1.54) is 6.07 Å². The lowest BCUT2D eigenvalue weighted by Crippen LogP contribution is -2.30. The number of amides is 1. The quantitative estimate of drug-likeness (QED) is 0.714. The second-order valence-corrected chi connectivity index (χ2v) is 4.92. The molecule has 0 radical (unpaired) electrons. The molecule has 0 aliphatic rings. The van der Waals surface area contributed by atoms with Crippen LogP contribution in [0, 0.1) is 5.82 Å². The van der Waals surface area contributed by atoms with Gasteiger partial charge in [-0.1, -0.05) is 15.9 Å². The normalized spacial score (nSPS) is 10.5. The van der Waals surface area contributed by atoms with Crippen molar-refractivity contribution in [2.45, 2.75) is 13.0 Å². The molecule has 0 saturated carbocycles. The molecule has 0 aliphatic heterocycles. The predicted octanol–water partition coefficient (Wildman–Crippen LogP) is 1.83. The van der Waals surface area contributed by atoms with Crippen LogP contribution in [0.15, 0.2) is 22.7 Å². The summed E-state index contributed by atoms with van der Waals surface area (Å²) in [5, 5.41) is 5.76. The van der Waals surface area contributed by atoms with Gasteiger partial charge in [0.2, 0.25) is 5.91 Å². The summed E-state index contributed by atoms with van der Waals surface area (Å²) >= 11 is 3.29. The van der Waals surface area contributed by atoms with E-state index in [1.807, 2.05) is 0 Å². The summed E-state index contributed by atoms with van der Waals surface area (Å²) in [7, 11) is 1.58. The number of carbonyl (C=O) groups is 1. The highest BCUT2D eigenvalue weighted by Crippen LogP contribution is 2.15. The molecule has 19 heavy (non-hydrogen) atoms. The van der Waals surface area contributed by atoms with Gasteiger partial charge in [-0.15, -0.1) is 0 Å². The molecular formula is C13H18BrFN2O2. The zero-order chi connectivity index (χ0) is 14.1. The number of methoxy groups -OCH3 is 1. The Morgan fingerprint density at radius 1 is 1.42 bits per heavy atom. The Bertz CT molecular complexity index is 416. The van der Waals surface area contributed by atoms with Crippen LogP contribution in [0.25, 0.3) is 0 Å². The third-order valence-corrected chi connectivity index (χ3v) is 2.97. The van der Waals surface area contributed by atoms with Crippen molar-refractivity contribution in [1.29, 1.82) is 0 Å². The van der Waals surface area contributed by atoms with E-state index in [2.05, 4.69) is 26.6 Å². The van der Waals surface area contributed by atoms with Crippen LogP contribution in [0.4, 0.5) is 4.39 Å². The van der Waals surface area contributed by atoms with Gasteiger partial charge in [0.15, 0.2) is 0 Å². The van der Waals surface area contributed by atoms with Crippen LogP contribution >= 0.6 is 15.9 Å². The zero-order valence-electron chi connectivity index (χ0n) is 10.8. The summed E-state index contributed by atoms with van der Waals surface area (Å²) in [6.07, 6.45) is 0.360. The fourth-order valence-electron chi connectivity index (χ4n) is 1.48. The number of ether oxygens (including phenoxy) is 1. The summed E-state index contributed by atoms with van der Waals surface area (Å²) in [5.74, 6) is -0.292. The largest absolute Gasteiger partial charge is 0.383 e. The van der Waals surface area contributed by atoms with Crippen LogP contribution in [0.1, 0.15) is 12.0 Å². The molecule has 0 atom stereocenters. The fourth-order valence-corrected chi connectivity index (χ4v) is 1.89. The first-order chi connectivity index (χ1) is 9.13. The minimum absolute atomic E-state index is 0.0423. The predicted molar refractivity (Wildman–Crippen MR) is 75.3 cm³/mol. The molecule has 106 valence electrons. The van der Waals surface area contributed by atoms with Gasteiger partial charge in [0.05, 0.1) is 6.61 Å². The minimum atomic E-state index is -0.250. The highest BCUT2D eigenvalue weighted by Gasteiger charge is 2.03. The average Bonchev–Trinajstić information content (AvgIpc) is 2.39. The van der Waals surface area contributed by atoms with E-state index < -0.39 is 0 Å². The first-order valence-corrected chi connectivity index (χ1v) is 6.83. The lowest BCUT2D eigenvalue weighted by atomic mass is 10.2. The van der Waals surface area contributed by atoms with Crippen LogP contribution in [-0.2, 0) is 16.1 Å². The molecule has 0 aromatic heterocycles. The van der Waals surface area contributed by atoms with Gasteiger partial charge in [-0.05, 0) is 18.2 Å². The first kappa shape index (κ1) is 16.1. The SMILES string of the molecule is COCCNC(=O)CCNCc1cc(Br)ccc1F. The van der Waals surface area contributed by atoms with E-state index in [-0.39, 0.29) is 11.7 Å². The Balaban J connectivity index is 2.20. The molecule has 0 bridgehead atoms. The van der Waals surface area contributed by atoms with E-state index in [4.69, 9.17) is 4.74 Å². The van der Waals surface area contributed by atoms with Crippen molar-refractivity contribution in [2.24, 2.45) is 0 Å². The zero-order valence-corrected chi connectivity index (χ0v) is 12.4. The highest BCUT2D eigenvalue weighted by atomic mass is 79.9. The molecule has 0 aliphatic carbocycles. The molecule has 1 amide bonds. The van der Waals surface area contributed by atoms with Crippen LogP contribution in [-0.4, -0.2) is 32.7 Å². The molecule has 0 fully saturated rings. The van der Waals surface area contributed by atoms with Gasteiger partial charge >= 0.3 is 0 Å². The summed E-state index contributed by atoms with van der Waals surface area (Å²) in [4.78, 5) is 11.4. The Labute approximate surface area is 120 Å². The Morgan fingerprint density at radius 3 is 2.95 bits per heavy atom. The smallest absolute Gasteiger partial charge is 0.221 e. The molecule has 6 heteroatoms. The second-order valence-electron chi connectivity index (χ2n) is 4.01. The number of benzene rings is 1. The van der Waals surface area contributed by atoms with Gasteiger partial charge in [0, 0.05) is 43.2 Å².